The van der Waals surface area contributed by atoms with Gasteiger partial charge in [-0.15, -0.1) is 0 Å². The number of anilines is 1. The van der Waals surface area contributed by atoms with Crippen molar-refractivity contribution >= 4 is 46.2 Å². The number of halogens is 2. The van der Waals surface area contributed by atoms with E-state index in [0.717, 1.165) is 18.7 Å². The van der Waals surface area contributed by atoms with E-state index in [2.05, 4.69) is 17.6 Å². The van der Waals surface area contributed by atoms with Gasteiger partial charge in [-0.2, -0.15) is 0 Å². The third-order valence-electron chi connectivity index (χ3n) is 3.02. The molecule has 0 fully saturated rings. The molecule has 0 atom stereocenters. The minimum atomic E-state index is 0.498. The summed E-state index contributed by atoms with van der Waals surface area (Å²) in [6.45, 7) is 3.11. The van der Waals surface area contributed by atoms with Crippen molar-refractivity contribution in [2.45, 2.75) is 45.4 Å². The van der Waals surface area contributed by atoms with Crippen LogP contribution in [-0.2, 0) is 0 Å². The molecule has 0 spiro atoms. The lowest BCUT2D eigenvalue weighted by atomic mass is 10.1. The second kappa shape index (κ2) is 10.3. The van der Waals surface area contributed by atoms with Gasteiger partial charge in [0.25, 0.3) is 0 Å². The van der Waals surface area contributed by atoms with Gasteiger partial charge in [-0.3, -0.25) is 0 Å². The maximum Gasteiger partial charge on any atom is 0.170 e. The van der Waals surface area contributed by atoms with Crippen LogP contribution in [0.3, 0.4) is 0 Å². The Bertz CT molecular complexity index is 424. The topological polar surface area (TPSA) is 24.1 Å². The molecule has 1 aromatic rings. The van der Waals surface area contributed by atoms with Gasteiger partial charge in [-0.05, 0) is 30.8 Å². The molecule has 112 valence electrons. The molecule has 0 aromatic heterocycles. The van der Waals surface area contributed by atoms with Crippen LogP contribution in [0.25, 0.3) is 0 Å². The second-order valence-corrected chi connectivity index (χ2v) is 5.94. The number of rotatable bonds is 8. The first kappa shape index (κ1) is 17.5. The smallest absolute Gasteiger partial charge is 0.170 e. The third kappa shape index (κ3) is 6.78. The molecule has 0 heterocycles. The van der Waals surface area contributed by atoms with E-state index in [-0.39, 0.29) is 0 Å². The molecule has 20 heavy (non-hydrogen) atoms. The van der Waals surface area contributed by atoms with Crippen LogP contribution in [0.5, 0.6) is 0 Å². The zero-order chi connectivity index (χ0) is 14.8. The Morgan fingerprint density at radius 3 is 2.55 bits per heavy atom. The van der Waals surface area contributed by atoms with Crippen LogP contribution in [0.1, 0.15) is 45.4 Å². The van der Waals surface area contributed by atoms with E-state index < -0.39 is 0 Å². The summed E-state index contributed by atoms with van der Waals surface area (Å²) in [5.74, 6) is 0. The molecule has 0 aliphatic rings. The van der Waals surface area contributed by atoms with Crippen molar-refractivity contribution in [3.8, 4) is 0 Å². The van der Waals surface area contributed by atoms with Crippen molar-refractivity contribution in [2.75, 3.05) is 11.9 Å². The van der Waals surface area contributed by atoms with Gasteiger partial charge in [0.15, 0.2) is 5.11 Å². The number of hydrogen-bond acceptors (Lipinski definition) is 1. The summed E-state index contributed by atoms with van der Waals surface area (Å²) < 4.78 is 0. The van der Waals surface area contributed by atoms with Gasteiger partial charge in [0.1, 0.15) is 0 Å². The number of nitrogens with one attached hydrogen (secondary N) is 2. The average Bonchev–Trinajstić information content (AvgIpc) is 2.43. The molecular weight excluding hydrogens is 311 g/mol. The Labute approximate surface area is 137 Å². The summed E-state index contributed by atoms with van der Waals surface area (Å²) in [4.78, 5) is 0. The summed E-state index contributed by atoms with van der Waals surface area (Å²) in [5, 5.41) is 7.86. The Hall–Kier alpha value is -0.510. The second-order valence-electron chi connectivity index (χ2n) is 4.75. The highest BCUT2D eigenvalue weighted by Crippen LogP contribution is 2.29. The minimum Gasteiger partial charge on any atom is -0.362 e. The van der Waals surface area contributed by atoms with Crippen molar-refractivity contribution in [3.63, 3.8) is 0 Å². The van der Waals surface area contributed by atoms with Crippen molar-refractivity contribution < 1.29 is 0 Å². The molecule has 0 amide bonds. The van der Waals surface area contributed by atoms with E-state index in [4.69, 9.17) is 35.4 Å². The van der Waals surface area contributed by atoms with Gasteiger partial charge in [0.05, 0.1) is 15.7 Å². The number of thiocarbonyl (C=S) groups is 1. The number of unbranched alkanes of at least 4 members (excludes halogenated alkanes) is 5. The van der Waals surface area contributed by atoms with Crippen molar-refractivity contribution in [1.82, 2.24) is 5.32 Å². The first-order valence-electron chi connectivity index (χ1n) is 7.14. The standard InChI is InChI=1S/C15H22Cl2N2S/c1-2-3-4-5-6-7-11-18-15(20)19-13-10-8-9-12(16)14(13)17/h8-10H,2-7,11H2,1H3,(H2,18,19,20). The van der Waals surface area contributed by atoms with Gasteiger partial charge in [-0.1, -0.05) is 68.3 Å². The van der Waals surface area contributed by atoms with Crippen LogP contribution in [0.15, 0.2) is 18.2 Å². The van der Waals surface area contributed by atoms with Gasteiger partial charge >= 0.3 is 0 Å². The fraction of sp³-hybridized carbons (Fsp3) is 0.533. The number of benzene rings is 1. The Morgan fingerprint density at radius 1 is 1.10 bits per heavy atom. The predicted molar refractivity (Wildman–Crippen MR) is 94.1 cm³/mol. The number of hydrogen-bond donors (Lipinski definition) is 2. The lowest BCUT2D eigenvalue weighted by Crippen LogP contribution is -2.29. The van der Waals surface area contributed by atoms with Gasteiger partial charge in [-0.25, -0.2) is 0 Å². The molecule has 0 radical (unpaired) electrons. The SMILES string of the molecule is CCCCCCCCNC(=S)Nc1cccc(Cl)c1Cl. The van der Waals surface area contributed by atoms with Crippen molar-refractivity contribution in [1.29, 1.82) is 0 Å². The lowest BCUT2D eigenvalue weighted by molar-refractivity contribution is 0.603. The van der Waals surface area contributed by atoms with Crippen LogP contribution >= 0.6 is 35.4 Å². The molecule has 0 unspecified atom stereocenters. The normalized spacial score (nSPS) is 10.3. The van der Waals surface area contributed by atoms with E-state index in [9.17, 15) is 0 Å². The molecule has 1 rings (SSSR count). The lowest BCUT2D eigenvalue weighted by Gasteiger charge is -2.12. The van der Waals surface area contributed by atoms with Gasteiger partial charge in [0, 0.05) is 6.54 Å². The summed E-state index contributed by atoms with van der Waals surface area (Å²) in [6, 6.07) is 5.45. The van der Waals surface area contributed by atoms with Gasteiger partial charge < -0.3 is 10.6 Å². The molecule has 5 heteroatoms. The monoisotopic (exact) mass is 332 g/mol. The largest absolute Gasteiger partial charge is 0.362 e. The van der Waals surface area contributed by atoms with Crippen LogP contribution < -0.4 is 10.6 Å². The first-order chi connectivity index (χ1) is 9.65. The Balaban J connectivity index is 2.19. The summed E-state index contributed by atoms with van der Waals surface area (Å²) in [6.07, 6.45) is 7.63. The molecule has 0 saturated carbocycles. The first-order valence-corrected chi connectivity index (χ1v) is 8.30. The third-order valence-corrected chi connectivity index (χ3v) is 4.08. The van der Waals surface area contributed by atoms with E-state index in [1.165, 1.54) is 32.1 Å². The zero-order valence-corrected chi connectivity index (χ0v) is 14.2. The zero-order valence-electron chi connectivity index (χ0n) is 11.8. The van der Waals surface area contributed by atoms with E-state index in [1.54, 1.807) is 6.07 Å². The van der Waals surface area contributed by atoms with Crippen LogP contribution in [0, 0.1) is 0 Å². The minimum absolute atomic E-state index is 0.498. The van der Waals surface area contributed by atoms with Crippen molar-refractivity contribution in [3.05, 3.63) is 28.2 Å². The predicted octanol–water partition coefficient (Wildman–Crippen LogP) is 5.64. The summed E-state index contributed by atoms with van der Waals surface area (Å²) in [7, 11) is 0. The van der Waals surface area contributed by atoms with E-state index in [1.807, 2.05) is 12.1 Å². The maximum absolute atomic E-state index is 6.09. The molecule has 2 nitrogen and oxygen atoms in total. The summed E-state index contributed by atoms with van der Waals surface area (Å²) >= 11 is 17.3. The van der Waals surface area contributed by atoms with Crippen LogP contribution in [0.4, 0.5) is 5.69 Å². The summed E-state index contributed by atoms with van der Waals surface area (Å²) in [5.41, 5.74) is 0.736. The highest BCUT2D eigenvalue weighted by Gasteiger charge is 2.05. The van der Waals surface area contributed by atoms with Gasteiger partial charge in [0.2, 0.25) is 0 Å². The molecule has 0 aliphatic carbocycles. The molecule has 0 saturated heterocycles. The van der Waals surface area contributed by atoms with Crippen molar-refractivity contribution in [2.24, 2.45) is 0 Å². The maximum atomic E-state index is 6.09. The quantitative estimate of drug-likeness (QED) is 0.475. The van der Waals surface area contributed by atoms with E-state index in [0.29, 0.717) is 15.2 Å². The Kier molecular flexibility index (Phi) is 8.99. The van der Waals surface area contributed by atoms with E-state index >= 15 is 0 Å². The molecular formula is C15H22Cl2N2S. The molecule has 1 aromatic carbocycles. The molecule has 2 N–H and O–H groups in total. The average molecular weight is 333 g/mol. The van der Waals surface area contributed by atoms with Crippen LogP contribution in [0.2, 0.25) is 10.0 Å². The van der Waals surface area contributed by atoms with Crippen LogP contribution in [-0.4, -0.2) is 11.7 Å². The highest BCUT2D eigenvalue weighted by atomic mass is 35.5. The highest BCUT2D eigenvalue weighted by molar-refractivity contribution is 7.80. The molecule has 0 aliphatic heterocycles. The fourth-order valence-corrected chi connectivity index (χ4v) is 2.43. The molecule has 0 bridgehead atoms. The fourth-order valence-electron chi connectivity index (χ4n) is 1.87. The Morgan fingerprint density at radius 2 is 1.80 bits per heavy atom.